The molecule has 6 nitrogen and oxygen atoms in total. The van der Waals surface area contributed by atoms with Gasteiger partial charge in [-0.05, 0) is 57.9 Å². The number of hydrogen-bond acceptors (Lipinski definition) is 6. The molecular weight excluding hydrogens is 352 g/mol. The number of aromatic nitrogens is 2. The Balaban J connectivity index is 1.61. The first kappa shape index (κ1) is 20.4. The van der Waals surface area contributed by atoms with Gasteiger partial charge in [-0.2, -0.15) is 0 Å². The second-order valence-corrected chi connectivity index (χ2v) is 7.58. The van der Waals surface area contributed by atoms with E-state index in [2.05, 4.69) is 34.0 Å². The van der Waals surface area contributed by atoms with Gasteiger partial charge in [0.1, 0.15) is 5.82 Å². The van der Waals surface area contributed by atoms with Gasteiger partial charge in [0.05, 0.1) is 25.6 Å². The van der Waals surface area contributed by atoms with E-state index >= 15 is 0 Å². The molecule has 0 amide bonds. The Kier molecular flexibility index (Phi) is 6.73. The smallest absolute Gasteiger partial charge is 0.160 e. The first-order chi connectivity index (χ1) is 13.5. The molecule has 152 valence electrons. The van der Waals surface area contributed by atoms with Crippen LogP contribution in [-0.2, 0) is 6.42 Å². The van der Waals surface area contributed by atoms with Crippen LogP contribution in [0.3, 0.4) is 0 Å². The third-order valence-electron chi connectivity index (χ3n) is 5.57. The van der Waals surface area contributed by atoms with E-state index in [9.17, 15) is 0 Å². The van der Waals surface area contributed by atoms with Crippen LogP contribution in [0.5, 0.6) is 11.5 Å². The van der Waals surface area contributed by atoms with Gasteiger partial charge in [0, 0.05) is 31.9 Å². The molecular formula is C22H32N4O2. The van der Waals surface area contributed by atoms with Crippen molar-refractivity contribution in [3.8, 4) is 11.5 Å². The highest BCUT2D eigenvalue weighted by molar-refractivity contribution is 5.44. The molecule has 0 N–H and O–H groups in total. The summed E-state index contributed by atoms with van der Waals surface area (Å²) in [6.45, 7) is 7.12. The normalized spacial score (nSPS) is 17.1. The van der Waals surface area contributed by atoms with Gasteiger partial charge < -0.3 is 19.3 Å². The summed E-state index contributed by atoms with van der Waals surface area (Å²) in [5, 5.41) is 0. The summed E-state index contributed by atoms with van der Waals surface area (Å²) in [7, 11) is 5.57. The van der Waals surface area contributed by atoms with Gasteiger partial charge in [-0.1, -0.05) is 6.07 Å². The van der Waals surface area contributed by atoms with E-state index in [1.54, 1.807) is 14.2 Å². The quantitative estimate of drug-likeness (QED) is 0.730. The molecule has 0 aliphatic carbocycles. The first-order valence-corrected chi connectivity index (χ1v) is 9.98. The fourth-order valence-corrected chi connectivity index (χ4v) is 3.86. The number of likely N-dealkylation sites (N-methyl/N-ethyl adjacent to an activating group) is 1. The van der Waals surface area contributed by atoms with Crippen molar-refractivity contribution in [1.82, 2.24) is 14.9 Å². The summed E-state index contributed by atoms with van der Waals surface area (Å²) >= 11 is 0. The standard InChI is InChI=1S/C22H32N4O2/c1-16-14-23-17(2)22(24-16)26-11-6-7-19(15-26)25(3)12-10-18-8-9-20(27-4)21(13-18)28-5/h8-9,13-14,19H,6-7,10-12,15H2,1-5H3/t19-/m0/s1. The Morgan fingerprint density at radius 3 is 2.71 bits per heavy atom. The van der Waals surface area contributed by atoms with Crippen molar-refractivity contribution in [2.75, 3.05) is 45.8 Å². The van der Waals surface area contributed by atoms with E-state index in [0.29, 0.717) is 6.04 Å². The number of piperidine rings is 1. The maximum absolute atomic E-state index is 5.43. The highest BCUT2D eigenvalue weighted by Crippen LogP contribution is 2.28. The molecule has 0 bridgehead atoms. The van der Waals surface area contributed by atoms with E-state index < -0.39 is 0 Å². The largest absolute Gasteiger partial charge is 0.493 e. The number of rotatable bonds is 7. The zero-order chi connectivity index (χ0) is 20.1. The number of ether oxygens (including phenoxy) is 2. The molecule has 2 aromatic rings. The zero-order valence-electron chi connectivity index (χ0n) is 17.7. The topological polar surface area (TPSA) is 50.7 Å². The molecule has 1 aliphatic heterocycles. The number of methoxy groups -OCH3 is 2. The molecule has 0 radical (unpaired) electrons. The average molecular weight is 385 g/mol. The molecule has 1 atom stereocenters. The summed E-state index contributed by atoms with van der Waals surface area (Å²) in [5.41, 5.74) is 3.25. The van der Waals surface area contributed by atoms with Crippen LogP contribution in [-0.4, -0.2) is 61.8 Å². The number of nitrogens with zero attached hydrogens (tertiary/aromatic N) is 4. The summed E-state index contributed by atoms with van der Waals surface area (Å²) in [4.78, 5) is 14.1. The fraction of sp³-hybridized carbons (Fsp3) is 0.545. The maximum atomic E-state index is 5.43. The van der Waals surface area contributed by atoms with Crippen LogP contribution < -0.4 is 14.4 Å². The highest BCUT2D eigenvalue weighted by atomic mass is 16.5. The molecule has 0 unspecified atom stereocenters. The van der Waals surface area contributed by atoms with E-state index in [1.165, 1.54) is 18.4 Å². The third kappa shape index (κ3) is 4.73. The molecule has 1 aromatic carbocycles. The van der Waals surface area contributed by atoms with Crippen molar-refractivity contribution in [3.05, 3.63) is 41.3 Å². The van der Waals surface area contributed by atoms with E-state index in [-0.39, 0.29) is 0 Å². The predicted octanol–water partition coefficient (Wildman–Crippen LogP) is 3.25. The lowest BCUT2D eigenvalue weighted by atomic mass is 10.0. The van der Waals surface area contributed by atoms with Crippen LogP contribution in [0.2, 0.25) is 0 Å². The Bertz CT molecular complexity index is 796. The summed E-state index contributed by atoms with van der Waals surface area (Å²) in [6, 6.07) is 6.70. The molecule has 1 aromatic heterocycles. The zero-order valence-corrected chi connectivity index (χ0v) is 17.7. The lowest BCUT2D eigenvalue weighted by molar-refractivity contribution is 0.217. The minimum absolute atomic E-state index is 0.524. The number of hydrogen-bond donors (Lipinski definition) is 0. The summed E-state index contributed by atoms with van der Waals surface area (Å²) < 4.78 is 10.8. The van der Waals surface area contributed by atoms with E-state index in [0.717, 1.165) is 54.8 Å². The number of aryl methyl sites for hydroxylation is 2. The van der Waals surface area contributed by atoms with Crippen molar-refractivity contribution in [1.29, 1.82) is 0 Å². The third-order valence-corrected chi connectivity index (χ3v) is 5.57. The minimum atomic E-state index is 0.524. The predicted molar refractivity (Wildman–Crippen MR) is 113 cm³/mol. The van der Waals surface area contributed by atoms with Crippen LogP contribution in [0, 0.1) is 13.8 Å². The maximum Gasteiger partial charge on any atom is 0.160 e. The van der Waals surface area contributed by atoms with Crippen molar-refractivity contribution in [2.24, 2.45) is 0 Å². The van der Waals surface area contributed by atoms with Gasteiger partial charge >= 0.3 is 0 Å². The van der Waals surface area contributed by atoms with Gasteiger partial charge in [0.2, 0.25) is 0 Å². The second kappa shape index (κ2) is 9.24. The fourth-order valence-electron chi connectivity index (χ4n) is 3.86. The number of anilines is 1. The van der Waals surface area contributed by atoms with Crippen LogP contribution in [0.1, 0.15) is 29.8 Å². The molecule has 0 spiro atoms. The van der Waals surface area contributed by atoms with Gasteiger partial charge in [-0.3, -0.25) is 4.98 Å². The average Bonchev–Trinajstić information content (AvgIpc) is 2.73. The second-order valence-electron chi connectivity index (χ2n) is 7.58. The van der Waals surface area contributed by atoms with Gasteiger partial charge in [-0.15, -0.1) is 0 Å². The number of benzene rings is 1. The molecule has 1 saturated heterocycles. The Labute approximate surface area is 168 Å². The molecule has 3 rings (SSSR count). The van der Waals surface area contributed by atoms with Crippen LogP contribution in [0.25, 0.3) is 0 Å². The summed E-state index contributed by atoms with van der Waals surface area (Å²) in [5.74, 6) is 2.61. The van der Waals surface area contributed by atoms with E-state index in [4.69, 9.17) is 14.5 Å². The Morgan fingerprint density at radius 2 is 1.96 bits per heavy atom. The molecule has 2 heterocycles. The molecule has 6 heteroatoms. The highest BCUT2D eigenvalue weighted by Gasteiger charge is 2.25. The molecule has 0 saturated carbocycles. The van der Waals surface area contributed by atoms with Gasteiger partial charge in [-0.25, -0.2) is 4.98 Å². The molecule has 28 heavy (non-hydrogen) atoms. The lowest BCUT2D eigenvalue weighted by Gasteiger charge is -2.38. The van der Waals surface area contributed by atoms with E-state index in [1.807, 2.05) is 26.1 Å². The Morgan fingerprint density at radius 1 is 1.18 bits per heavy atom. The van der Waals surface area contributed by atoms with Crippen molar-refractivity contribution in [3.63, 3.8) is 0 Å². The SMILES string of the molecule is COc1ccc(CCN(C)[C@H]2CCCN(c3nc(C)cnc3C)C2)cc1OC. The molecule has 1 fully saturated rings. The van der Waals surface area contributed by atoms with Gasteiger partial charge in [0.25, 0.3) is 0 Å². The molecule has 1 aliphatic rings. The van der Waals surface area contributed by atoms with Crippen molar-refractivity contribution >= 4 is 5.82 Å². The van der Waals surface area contributed by atoms with Crippen molar-refractivity contribution in [2.45, 2.75) is 39.2 Å². The van der Waals surface area contributed by atoms with Crippen LogP contribution in [0.15, 0.2) is 24.4 Å². The van der Waals surface area contributed by atoms with Crippen LogP contribution >= 0.6 is 0 Å². The summed E-state index contributed by atoms with van der Waals surface area (Å²) in [6.07, 6.45) is 5.23. The van der Waals surface area contributed by atoms with Gasteiger partial charge in [0.15, 0.2) is 11.5 Å². The Hall–Kier alpha value is -2.34. The first-order valence-electron chi connectivity index (χ1n) is 9.98. The minimum Gasteiger partial charge on any atom is -0.493 e. The van der Waals surface area contributed by atoms with Crippen LogP contribution in [0.4, 0.5) is 5.82 Å². The lowest BCUT2D eigenvalue weighted by Crippen LogP contribution is -2.47. The monoisotopic (exact) mass is 384 g/mol. The van der Waals surface area contributed by atoms with Crippen molar-refractivity contribution < 1.29 is 9.47 Å².